The Kier molecular flexibility index (Phi) is 6.78. The highest BCUT2D eigenvalue weighted by Gasteiger charge is 2.15. The first kappa shape index (κ1) is 19.6. The van der Waals surface area contributed by atoms with E-state index in [0.29, 0.717) is 22.9 Å². The lowest BCUT2D eigenvalue weighted by Gasteiger charge is -2.09. The molecule has 0 saturated heterocycles. The Hall–Kier alpha value is -3.15. The number of halogens is 1. The topological polar surface area (TPSA) is 70.9 Å². The smallest absolute Gasteiger partial charge is 0.273 e. The Morgan fingerprint density at radius 1 is 1.07 bits per heavy atom. The highest BCUT2D eigenvalue weighted by atomic mass is 35.5. The number of nitrogens with zero attached hydrogens (tertiary/aromatic N) is 1. The first-order valence-electron chi connectivity index (χ1n) is 8.65. The number of hydrogen-bond donors (Lipinski definition) is 2. The minimum atomic E-state index is -1.27. The summed E-state index contributed by atoms with van der Waals surface area (Å²) in [6.45, 7) is 0.414. The minimum Gasteiger partial charge on any atom is -0.489 e. The van der Waals surface area contributed by atoms with Gasteiger partial charge in [0, 0.05) is 5.02 Å². The molecule has 0 aromatic heterocycles. The molecule has 142 valence electrons. The van der Waals surface area contributed by atoms with E-state index in [2.05, 4.69) is 10.5 Å². The maximum absolute atomic E-state index is 12.0. The number of hydrogen-bond acceptors (Lipinski definition) is 4. The fourth-order valence-corrected chi connectivity index (χ4v) is 2.58. The van der Waals surface area contributed by atoms with E-state index in [0.717, 1.165) is 11.1 Å². The SMILES string of the molecule is O=C(N/N=C/c1cccc(OCc2ccc(Cl)cc2)c1)C(O)c1ccccc1. The Morgan fingerprint density at radius 3 is 2.57 bits per heavy atom. The normalized spacial score (nSPS) is 11.9. The van der Waals surface area contributed by atoms with Crippen LogP contribution < -0.4 is 10.2 Å². The molecule has 0 spiro atoms. The molecule has 3 aromatic rings. The lowest BCUT2D eigenvalue weighted by atomic mass is 10.1. The van der Waals surface area contributed by atoms with E-state index in [1.807, 2.05) is 48.5 Å². The molecule has 0 fully saturated rings. The van der Waals surface area contributed by atoms with Crippen molar-refractivity contribution >= 4 is 23.7 Å². The summed E-state index contributed by atoms with van der Waals surface area (Å²) < 4.78 is 5.76. The predicted octanol–water partition coefficient (Wildman–Crippen LogP) is 4.10. The number of aliphatic hydroxyl groups is 1. The van der Waals surface area contributed by atoms with Gasteiger partial charge in [0.05, 0.1) is 6.21 Å². The first-order chi connectivity index (χ1) is 13.6. The number of benzene rings is 3. The second kappa shape index (κ2) is 9.69. The summed E-state index contributed by atoms with van der Waals surface area (Å²) in [6.07, 6.45) is 0.220. The fraction of sp³-hybridized carbons (Fsp3) is 0.0909. The van der Waals surface area contributed by atoms with Gasteiger partial charge < -0.3 is 9.84 Å². The van der Waals surface area contributed by atoms with Crippen molar-refractivity contribution in [3.05, 3.63) is 101 Å². The van der Waals surface area contributed by atoms with Crippen LogP contribution in [0.15, 0.2) is 84.0 Å². The van der Waals surface area contributed by atoms with Crippen LogP contribution >= 0.6 is 11.6 Å². The molecular formula is C22H19ClN2O3. The van der Waals surface area contributed by atoms with E-state index in [1.54, 1.807) is 30.3 Å². The van der Waals surface area contributed by atoms with Crippen LogP contribution in [0, 0.1) is 0 Å². The molecule has 0 saturated carbocycles. The van der Waals surface area contributed by atoms with Crippen molar-refractivity contribution in [2.24, 2.45) is 5.10 Å². The third-order valence-corrected chi connectivity index (χ3v) is 4.18. The Labute approximate surface area is 168 Å². The zero-order valence-corrected chi connectivity index (χ0v) is 15.7. The maximum atomic E-state index is 12.0. The van der Waals surface area contributed by atoms with Crippen molar-refractivity contribution in [2.75, 3.05) is 0 Å². The quantitative estimate of drug-likeness (QED) is 0.468. The Bertz CT molecular complexity index is 944. The van der Waals surface area contributed by atoms with Crippen LogP contribution in [0.4, 0.5) is 0 Å². The van der Waals surface area contributed by atoms with E-state index < -0.39 is 12.0 Å². The Morgan fingerprint density at radius 2 is 1.82 bits per heavy atom. The Balaban J connectivity index is 1.55. The van der Waals surface area contributed by atoms with Crippen molar-refractivity contribution < 1.29 is 14.6 Å². The standard InChI is InChI=1S/C22H19ClN2O3/c23-19-11-9-16(10-12-19)15-28-20-8-4-5-17(13-20)14-24-25-22(27)21(26)18-6-2-1-3-7-18/h1-14,21,26H,15H2,(H,25,27)/b24-14+. The van der Waals surface area contributed by atoms with E-state index in [4.69, 9.17) is 16.3 Å². The van der Waals surface area contributed by atoms with Gasteiger partial charge in [0.15, 0.2) is 6.10 Å². The van der Waals surface area contributed by atoms with Crippen LogP contribution in [0.3, 0.4) is 0 Å². The van der Waals surface area contributed by atoms with Gasteiger partial charge in [-0.15, -0.1) is 0 Å². The van der Waals surface area contributed by atoms with Crippen LogP contribution in [0.2, 0.25) is 5.02 Å². The van der Waals surface area contributed by atoms with Crippen LogP contribution in [0.1, 0.15) is 22.8 Å². The summed E-state index contributed by atoms with van der Waals surface area (Å²) in [6, 6.07) is 23.4. The third-order valence-electron chi connectivity index (χ3n) is 3.93. The van der Waals surface area contributed by atoms with Gasteiger partial charge in [0.2, 0.25) is 0 Å². The monoisotopic (exact) mass is 394 g/mol. The van der Waals surface area contributed by atoms with Gasteiger partial charge in [0.25, 0.3) is 5.91 Å². The van der Waals surface area contributed by atoms with Gasteiger partial charge in [-0.2, -0.15) is 5.10 Å². The van der Waals surface area contributed by atoms with E-state index in [9.17, 15) is 9.90 Å². The second-order valence-electron chi connectivity index (χ2n) is 6.04. The largest absolute Gasteiger partial charge is 0.489 e. The highest BCUT2D eigenvalue weighted by molar-refractivity contribution is 6.30. The number of ether oxygens (including phenoxy) is 1. The van der Waals surface area contributed by atoms with Gasteiger partial charge in [0.1, 0.15) is 12.4 Å². The molecule has 0 aliphatic heterocycles. The molecule has 3 rings (SSSR count). The molecule has 2 N–H and O–H groups in total. The first-order valence-corrected chi connectivity index (χ1v) is 9.03. The van der Waals surface area contributed by atoms with Crippen LogP contribution in [0.5, 0.6) is 5.75 Å². The van der Waals surface area contributed by atoms with Gasteiger partial charge in [-0.25, -0.2) is 5.43 Å². The highest BCUT2D eigenvalue weighted by Crippen LogP contribution is 2.16. The van der Waals surface area contributed by atoms with Crippen molar-refractivity contribution in [3.8, 4) is 5.75 Å². The van der Waals surface area contributed by atoms with Crippen LogP contribution in [0.25, 0.3) is 0 Å². The predicted molar refractivity (Wildman–Crippen MR) is 109 cm³/mol. The molecule has 6 heteroatoms. The number of aliphatic hydroxyl groups excluding tert-OH is 1. The molecule has 5 nitrogen and oxygen atoms in total. The number of nitrogens with one attached hydrogen (secondary N) is 1. The zero-order valence-electron chi connectivity index (χ0n) is 15.0. The molecule has 0 aliphatic carbocycles. The lowest BCUT2D eigenvalue weighted by molar-refractivity contribution is -0.129. The van der Waals surface area contributed by atoms with Gasteiger partial charge in [-0.3, -0.25) is 4.79 Å². The summed E-state index contributed by atoms with van der Waals surface area (Å²) in [5, 5.41) is 14.6. The molecule has 28 heavy (non-hydrogen) atoms. The zero-order chi connectivity index (χ0) is 19.8. The maximum Gasteiger partial charge on any atom is 0.273 e. The minimum absolute atomic E-state index is 0.414. The van der Waals surface area contributed by atoms with Crippen LogP contribution in [-0.2, 0) is 11.4 Å². The number of rotatable bonds is 7. The van der Waals surface area contributed by atoms with E-state index in [1.165, 1.54) is 6.21 Å². The van der Waals surface area contributed by atoms with Crippen molar-refractivity contribution in [2.45, 2.75) is 12.7 Å². The molecule has 1 amide bonds. The second-order valence-corrected chi connectivity index (χ2v) is 6.47. The summed E-state index contributed by atoms with van der Waals surface area (Å²) in [7, 11) is 0. The number of hydrazone groups is 1. The molecule has 0 bridgehead atoms. The summed E-state index contributed by atoms with van der Waals surface area (Å²) in [5.74, 6) is 0.0761. The van der Waals surface area contributed by atoms with Crippen molar-refractivity contribution in [1.82, 2.24) is 5.43 Å². The summed E-state index contributed by atoms with van der Waals surface area (Å²) in [5.41, 5.74) is 4.60. The lowest BCUT2D eigenvalue weighted by Crippen LogP contribution is -2.25. The van der Waals surface area contributed by atoms with E-state index >= 15 is 0 Å². The number of carbonyl (C=O) groups excluding carboxylic acids is 1. The van der Waals surface area contributed by atoms with E-state index in [-0.39, 0.29) is 0 Å². The molecule has 1 atom stereocenters. The molecule has 0 aliphatic rings. The van der Waals surface area contributed by atoms with Gasteiger partial charge in [-0.05, 0) is 41.0 Å². The molecule has 0 heterocycles. The summed E-state index contributed by atoms with van der Waals surface area (Å²) >= 11 is 5.87. The molecular weight excluding hydrogens is 376 g/mol. The van der Waals surface area contributed by atoms with Crippen molar-refractivity contribution in [3.63, 3.8) is 0 Å². The van der Waals surface area contributed by atoms with Crippen LogP contribution in [-0.4, -0.2) is 17.2 Å². The fourth-order valence-electron chi connectivity index (χ4n) is 2.45. The summed E-state index contributed by atoms with van der Waals surface area (Å²) in [4.78, 5) is 12.0. The number of carbonyl (C=O) groups is 1. The molecule has 1 unspecified atom stereocenters. The van der Waals surface area contributed by atoms with Gasteiger partial charge >= 0.3 is 0 Å². The average molecular weight is 395 g/mol. The number of amides is 1. The van der Waals surface area contributed by atoms with Gasteiger partial charge in [-0.1, -0.05) is 66.2 Å². The van der Waals surface area contributed by atoms with Crippen molar-refractivity contribution in [1.29, 1.82) is 0 Å². The third kappa shape index (κ3) is 5.67. The molecule has 3 aromatic carbocycles. The molecule has 0 radical (unpaired) electrons. The average Bonchev–Trinajstić information content (AvgIpc) is 2.73.